The lowest BCUT2D eigenvalue weighted by Crippen LogP contribution is -2.36. The highest BCUT2D eigenvalue weighted by atomic mass is 32.2. The maximum Gasteiger partial charge on any atom is 0.243 e. The number of nitrogens with zero attached hydrogens (tertiary/aromatic N) is 1. The fourth-order valence-electron chi connectivity index (χ4n) is 2.37. The summed E-state index contributed by atoms with van der Waals surface area (Å²) < 4.78 is 26.5. The molecule has 21 heavy (non-hydrogen) atoms. The van der Waals surface area contributed by atoms with Crippen LogP contribution in [0.15, 0.2) is 17.0 Å². The first-order valence-corrected chi connectivity index (χ1v) is 8.39. The van der Waals surface area contributed by atoms with Gasteiger partial charge in [0.1, 0.15) is 0 Å². The molecular formula is C14H24N2O4S. The SMILES string of the molecule is CCNc1cc(C)c(S(=O)(=O)N(CCO)CCO)c(C)c1. The Balaban J connectivity index is 3.30. The molecule has 0 aliphatic rings. The Kier molecular flexibility index (Phi) is 6.60. The largest absolute Gasteiger partial charge is 0.395 e. The van der Waals surface area contributed by atoms with Crippen LogP contribution in [0.1, 0.15) is 18.1 Å². The summed E-state index contributed by atoms with van der Waals surface area (Å²) >= 11 is 0. The number of nitrogens with one attached hydrogen (secondary N) is 1. The Hall–Kier alpha value is -1.15. The molecule has 0 atom stereocenters. The van der Waals surface area contributed by atoms with E-state index in [0.717, 1.165) is 16.5 Å². The molecule has 0 aromatic heterocycles. The number of sulfonamides is 1. The maximum absolute atomic E-state index is 12.7. The number of aliphatic hydroxyl groups is 2. The van der Waals surface area contributed by atoms with Crippen LogP contribution in [0.4, 0.5) is 5.69 Å². The second kappa shape index (κ2) is 7.74. The van der Waals surface area contributed by atoms with Gasteiger partial charge in [0.25, 0.3) is 0 Å². The molecule has 0 aliphatic heterocycles. The zero-order valence-electron chi connectivity index (χ0n) is 12.8. The van der Waals surface area contributed by atoms with Gasteiger partial charge in [-0.05, 0) is 44.0 Å². The van der Waals surface area contributed by atoms with Gasteiger partial charge in [-0.25, -0.2) is 8.42 Å². The van der Waals surface area contributed by atoms with Crippen molar-refractivity contribution in [2.45, 2.75) is 25.7 Å². The van der Waals surface area contributed by atoms with E-state index in [9.17, 15) is 8.42 Å². The normalized spacial score (nSPS) is 11.9. The third-order valence-electron chi connectivity index (χ3n) is 3.14. The summed E-state index contributed by atoms with van der Waals surface area (Å²) in [7, 11) is -3.73. The van der Waals surface area contributed by atoms with Crippen LogP contribution in [-0.4, -0.2) is 55.8 Å². The molecule has 0 heterocycles. The first-order valence-electron chi connectivity index (χ1n) is 6.95. The molecule has 1 aromatic carbocycles. The maximum atomic E-state index is 12.7. The molecule has 0 amide bonds. The number of anilines is 1. The zero-order valence-corrected chi connectivity index (χ0v) is 13.6. The standard InChI is InChI=1S/C14H24N2O4S/c1-4-15-13-9-11(2)14(12(3)10-13)21(19,20)16(5-7-17)6-8-18/h9-10,15,17-18H,4-8H2,1-3H3. The van der Waals surface area contributed by atoms with Crippen molar-refractivity contribution in [3.63, 3.8) is 0 Å². The highest BCUT2D eigenvalue weighted by molar-refractivity contribution is 7.89. The molecule has 0 saturated heterocycles. The molecule has 0 bridgehead atoms. The Morgan fingerprint density at radius 3 is 1.95 bits per heavy atom. The van der Waals surface area contributed by atoms with Crippen molar-refractivity contribution in [1.82, 2.24) is 4.31 Å². The second-order valence-electron chi connectivity index (χ2n) is 4.82. The van der Waals surface area contributed by atoms with E-state index in [1.165, 1.54) is 0 Å². The summed E-state index contributed by atoms with van der Waals surface area (Å²) in [6.07, 6.45) is 0. The van der Waals surface area contributed by atoms with E-state index in [0.29, 0.717) is 11.1 Å². The van der Waals surface area contributed by atoms with Gasteiger partial charge in [0, 0.05) is 25.3 Å². The van der Waals surface area contributed by atoms with Crippen molar-refractivity contribution in [3.05, 3.63) is 23.3 Å². The molecule has 0 spiro atoms. The van der Waals surface area contributed by atoms with E-state index in [1.54, 1.807) is 26.0 Å². The molecule has 120 valence electrons. The minimum atomic E-state index is -3.73. The number of aryl methyl sites for hydroxylation is 2. The van der Waals surface area contributed by atoms with Gasteiger partial charge in [-0.15, -0.1) is 0 Å². The van der Waals surface area contributed by atoms with E-state index < -0.39 is 10.0 Å². The van der Waals surface area contributed by atoms with Gasteiger partial charge in [0.2, 0.25) is 10.0 Å². The minimum absolute atomic E-state index is 0.0310. The average molecular weight is 316 g/mol. The highest BCUT2D eigenvalue weighted by Crippen LogP contribution is 2.27. The van der Waals surface area contributed by atoms with Crippen molar-refractivity contribution >= 4 is 15.7 Å². The number of benzene rings is 1. The molecule has 0 aliphatic carbocycles. The Labute approximate surface area is 126 Å². The molecule has 0 unspecified atom stereocenters. The molecule has 1 rings (SSSR count). The minimum Gasteiger partial charge on any atom is -0.395 e. The topological polar surface area (TPSA) is 89.9 Å². The van der Waals surface area contributed by atoms with Crippen LogP contribution in [0.3, 0.4) is 0 Å². The van der Waals surface area contributed by atoms with E-state index >= 15 is 0 Å². The van der Waals surface area contributed by atoms with Crippen LogP contribution >= 0.6 is 0 Å². The molecule has 0 fully saturated rings. The summed E-state index contributed by atoms with van der Waals surface area (Å²) in [6, 6.07) is 3.58. The van der Waals surface area contributed by atoms with Crippen LogP contribution in [-0.2, 0) is 10.0 Å². The monoisotopic (exact) mass is 316 g/mol. The van der Waals surface area contributed by atoms with Crippen LogP contribution in [0.5, 0.6) is 0 Å². The van der Waals surface area contributed by atoms with E-state index in [-0.39, 0.29) is 31.2 Å². The lowest BCUT2D eigenvalue weighted by molar-refractivity contribution is 0.217. The first-order chi connectivity index (χ1) is 9.88. The lowest BCUT2D eigenvalue weighted by atomic mass is 10.1. The van der Waals surface area contributed by atoms with Crippen LogP contribution in [0.2, 0.25) is 0 Å². The summed E-state index contributed by atoms with van der Waals surface area (Å²) in [6.45, 7) is 5.59. The summed E-state index contributed by atoms with van der Waals surface area (Å²) in [5.74, 6) is 0. The van der Waals surface area contributed by atoms with Gasteiger partial charge < -0.3 is 15.5 Å². The Bertz CT molecular complexity index is 543. The van der Waals surface area contributed by atoms with E-state index in [4.69, 9.17) is 10.2 Å². The molecular weight excluding hydrogens is 292 g/mol. The zero-order chi connectivity index (χ0) is 16.0. The van der Waals surface area contributed by atoms with Crippen LogP contribution < -0.4 is 5.32 Å². The second-order valence-corrected chi connectivity index (χ2v) is 6.70. The van der Waals surface area contributed by atoms with Gasteiger partial charge >= 0.3 is 0 Å². The van der Waals surface area contributed by atoms with Gasteiger partial charge in [0.05, 0.1) is 18.1 Å². The lowest BCUT2D eigenvalue weighted by Gasteiger charge is -2.23. The predicted molar refractivity (Wildman–Crippen MR) is 83.0 cm³/mol. The van der Waals surface area contributed by atoms with Gasteiger partial charge in [-0.1, -0.05) is 0 Å². The third kappa shape index (κ3) is 4.16. The molecule has 0 radical (unpaired) electrons. The molecule has 7 heteroatoms. The van der Waals surface area contributed by atoms with Gasteiger partial charge in [-0.2, -0.15) is 4.31 Å². The summed E-state index contributed by atoms with van der Waals surface area (Å²) in [4.78, 5) is 0.242. The summed E-state index contributed by atoms with van der Waals surface area (Å²) in [5.41, 5.74) is 2.17. The van der Waals surface area contributed by atoms with Crippen molar-refractivity contribution in [3.8, 4) is 0 Å². The molecule has 1 aromatic rings. The van der Waals surface area contributed by atoms with E-state index in [1.807, 2.05) is 6.92 Å². The van der Waals surface area contributed by atoms with Crippen LogP contribution in [0.25, 0.3) is 0 Å². The number of aliphatic hydroxyl groups excluding tert-OH is 2. The third-order valence-corrected chi connectivity index (χ3v) is 5.34. The summed E-state index contributed by atoms with van der Waals surface area (Å²) in [5, 5.41) is 21.2. The number of rotatable bonds is 8. The fourth-order valence-corrected chi connectivity index (χ4v) is 4.20. The molecule has 6 nitrogen and oxygen atoms in total. The molecule has 3 N–H and O–H groups in total. The van der Waals surface area contributed by atoms with Gasteiger partial charge in [0.15, 0.2) is 0 Å². The van der Waals surface area contributed by atoms with Crippen molar-refractivity contribution < 1.29 is 18.6 Å². The fraction of sp³-hybridized carbons (Fsp3) is 0.571. The number of hydrogen-bond donors (Lipinski definition) is 3. The average Bonchev–Trinajstić information content (AvgIpc) is 2.37. The highest BCUT2D eigenvalue weighted by Gasteiger charge is 2.27. The van der Waals surface area contributed by atoms with E-state index in [2.05, 4.69) is 5.32 Å². The van der Waals surface area contributed by atoms with Gasteiger partial charge in [-0.3, -0.25) is 0 Å². The Morgan fingerprint density at radius 1 is 1.10 bits per heavy atom. The number of hydrogen-bond acceptors (Lipinski definition) is 5. The first kappa shape index (κ1) is 17.9. The predicted octanol–water partition coefficient (Wildman–Crippen LogP) is 0.711. The van der Waals surface area contributed by atoms with Crippen molar-refractivity contribution in [2.24, 2.45) is 0 Å². The van der Waals surface area contributed by atoms with Crippen LogP contribution in [0, 0.1) is 13.8 Å². The quantitative estimate of drug-likeness (QED) is 0.657. The van der Waals surface area contributed by atoms with Crippen molar-refractivity contribution in [2.75, 3.05) is 38.2 Å². The smallest absolute Gasteiger partial charge is 0.243 e. The Morgan fingerprint density at radius 2 is 1.57 bits per heavy atom. The molecule has 0 saturated carbocycles. The van der Waals surface area contributed by atoms with Crippen molar-refractivity contribution in [1.29, 1.82) is 0 Å².